The lowest BCUT2D eigenvalue weighted by molar-refractivity contribution is 0.0934. The number of nitrogens with one attached hydrogen (secondary N) is 3. The molecule has 0 heterocycles. The quantitative estimate of drug-likeness (QED) is 0.346. The Morgan fingerprint density at radius 3 is 2.27 bits per heavy atom. The summed E-state index contributed by atoms with van der Waals surface area (Å²) in [6.07, 6.45) is 0.869. The molecule has 0 radical (unpaired) electrons. The fraction of sp³-hybridized carbons (Fsp3) is 0.160. The number of benzene rings is 3. The highest BCUT2D eigenvalue weighted by Crippen LogP contribution is 2.15. The lowest BCUT2D eigenvalue weighted by atomic mass is 10.2. The first-order valence-electron chi connectivity index (χ1n) is 10.5. The fourth-order valence-corrected chi connectivity index (χ4v) is 2.93. The summed E-state index contributed by atoms with van der Waals surface area (Å²) >= 11 is 5.09. The van der Waals surface area contributed by atoms with E-state index in [1.165, 1.54) is 0 Å². The number of ether oxygens (including phenoxy) is 2. The van der Waals surface area contributed by atoms with E-state index >= 15 is 0 Å². The van der Waals surface area contributed by atoms with Gasteiger partial charge >= 0.3 is 0 Å². The van der Waals surface area contributed by atoms with Crippen LogP contribution in [0.3, 0.4) is 0 Å². The molecule has 0 aliphatic heterocycles. The third kappa shape index (κ3) is 7.62. The van der Waals surface area contributed by atoms with Gasteiger partial charge in [-0.05, 0) is 66.7 Å². The maximum atomic E-state index is 12.4. The summed E-state index contributed by atoms with van der Waals surface area (Å²) in [6, 6.07) is 23.3. The third-order valence-electron chi connectivity index (χ3n) is 4.45. The van der Waals surface area contributed by atoms with E-state index < -0.39 is 11.8 Å². The molecule has 0 atom stereocenters. The topological polar surface area (TPSA) is 88.7 Å². The highest BCUT2D eigenvalue weighted by atomic mass is 32.1. The van der Waals surface area contributed by atoms with Crippen LogP contribution in [0.5, 0.6) is 11.5 Å². The Morgan fingerprint density at radius 1 is 0.788 bits per heavy atom. The molecule has 33 heavy (non-hydrogen) atoms. The van der Waals surface area contributed by atoms with Crippen molar-refractivity contribution in [1.29, 1.82) is 0 Å². The standard InChI is InChI=1S/C25H25N3O4S/c1-2-15-31-22-10-6-9-20(16-22)23(29)26-25(33)28-27-24(30)19-11-13-21(14-12-19)32-17-18-7-4-3-5-8-18/h3-14,16H,2,15,17H2,1H3,(H,27,30)(H2,26,28,29,33). The third-order valence-corrected chi connectivity index (χ3v) is 4.65. The van der Waals surface area contributed by atoms with E-state index in [0.717, 1.165) is 12.0 Å². The van der Waals surface area contributed by atoms with Gasteiger partial charge in [0.15, 0.2) is 5.11 Å². The number of thiocarbonyl (C=S) groups is 1. The number of carbonyl (C=O) groups excluding carboxylic acids is 2. The van der Waals surface area contributed by atoms with Gasteiger partial charge in [0.2, 0.25) is 0 Å². The Bertz CT molecular complexity index is 1090. The molecule has 0 saturated heterocycles. The van der Waals surface area contributed by atoms with E-state index in [9.17, 15) is 9.59 Å². The Balaban J connectivity index is 1.45. The van der Waals surface area contributed by atoms with Crippen LogP contribution in [0.15, 0.2) is 78.9 Å². The van der Waals surface area contributed by atoms with E-state index in [1.807, 2.05) is 37.3 Å². The van der Waals surface area contributed by atoms with Gasteiger partial charge in [0, 0.05) is 11.1 Å². The summed E-state index contributed by atoms with van der Waals surface area (Å²) in [5, 5.41) is 2.49. The van der Waals surface area contributed by atoms with Crippen LogP contribution in [0.25, 0.3) is 0 Å². The maximum Gasteiger partial charge on any atom is 0.269 e. The number of hydrogen-bond acceptors (Lipinski definition) is 5. The summed E-state index contributed by atoms with van der Waals surface area (Å²) in [5.41, 5.74) is 6.85. The maximum absolute atomic E-state index is 12.4. The second-order valence-corrected chi connectivity index (χ2v) is 7.45. The van der Waals surface area contributed by atoms with Crippen molar-refractivity contribution in [3.63, 3.8) is 0 Å². The Kier molecular flexibility index (Phi) is 8.79. The number of hydrazine groups is 1. The van der Waals surface area contributed by atoms with E-state index in [0.29, 0.717) is 35.8 Å². The van der Waals surface area contributed by atoms with Crippen molar-refractivity contribution in [2.45, 2.75) is 20.0 Å². The SMILES string of the molecule is CCCOc1cccc(C(=O)NC(=S)NNC(=O)c2ccc(OCc3ccccc3)cc2)c1. The van der Waals surface area contributed by atoms with E-state index in [4.69, 9.17) is 21.7 Å². The van der Waals surface area contributed by atoms with Crippen LogP contribution in [0.2, 0.25) is 0 Å². The van der Waals surface area contributed by atoms with Crippen LogP contribution in [-0.4, -0.2) is 23.5 Å². The predicted molar refractivity (Wildman–Crippen MR) is 130 cm³/mol. The average Bonchev–Trinajstić information content (AvgIpc) is 2.86. The summed E-state index contributed by atoms with van der Waals surface area (Å²) in [6.45, 7) is 3.01. The minimum absolute atomic E-state index is 0.0314. The van der Waals surface area contributed by atoms with Crippen LogP contribution in [0, 0.1) is 0 Å². The number of rotatable bonds is 8. The van der Waals surface area contributed by atoms with Crippen molar-refractivity contribution >= 4 is 29.1 Å². The summed E-state index contributed by atoms with van der Waals surface area (Å²) in [7, 11) is 0. The Labute approximate surface area is 198 Å². The molecule has 0 aromatic heterocycles. The van der Waals surface area contributed by atoms with Crippen molar-refractivity contribution in [3.8, 4) is 11.5 Å². The van der Waals surface area contributed by atoms with Crippen LogP contribution in [0.1, 0.15) is 39.6 Å². The van der Waals surface area contributed by atoms with Crippen molar-refractivity contribution < 1.29 is 19.1 Å². The van der Waals surface area contributed by atoms with Crippen LogP contribution < -0.4 is 25.6 Å². The lowest BCUT2D eigenvalue weighted by Crippen LogP contribution is -2.48. The molecular weight excluding hydrogens is 438 g/mol. The van der Waals surface area contributed by atoms with Crippen molar-refractivity contribution in [3.05, 3.63) is 95.6 Å². The first-order valence-corrected chi connectivity index (χ1v) is 10.9. The van der Waals surface area contributed by atoms with Crippen molar-refractivity contribution in [2.24, 2.45) is 0 Å². The number of carbonyl (C=O) groups is 2. The molecule has 0 bridgehead atoms. The van der Waals surface area contributed by atoms with Gasteiger partial charge in [0.1, 0.15) is 18.1 Å². The Morgan fingerprint density at radius 2 is 1.55 bits per heavy atom. The molecule has 3 aromatic rings. The van der Waals surface area contributed by atoms with Gasteiger partial charge < -0.3 is 9.47 Å². The van der Waals surface area contributed by atoms with Gasteiger partial charge in [-0.25, -0.2) is 0 Å². The van der Waals surface area contributed by atoms with Gasteiger partial charge in [-0.3, -0.25) is 25.8 Å². The molecule has 3 aromatic carbocycles. The van der Waals surface area contributed by atoms with E-state index in [1.54, 1.807) is 48.5 Å². The zero-order chi connectivity index (χ0) is 23.5. The van der Waals surface area contributed by atoms with Gasteiger partial charge in [-0.1, -0.05) is 43.3 Å². The smallest absolute Gasteiger partial charge is 0.269 e. The largest absolute Gasteiger partial charge is 0.494 e. The number of hydrogen-bond donors (Lipinski definition) is 3. The van der Waals surface area contributed by atoms with E-state index in [-0.39, 0.29) is 5.11 Å². The van der Waals surface area contributed by atoms with Gasteiger partial charge in [-0.15, -0.1) is 0 Å². The second kappa shape index (κ2) is 12.2. The highest BCUT2D eigenvalue weighted by molar-refractivity contribution is 7.80. The van der Waals surface area contributed by atoms with Crippen molar-refractivity contribution in [1.82, 2.24) is 16.2 Å². The lowest BCUT2D eigenvalue weighted by Gasteiger charge is -2.12. The first kappa shape index (κ1) is 23.7. The molecule has 3 N–H and O–H groups in total. The molecule has 0 aliphatic carbocycles. The molecule has 0 aliphatic rings. The van der Waals surface area contributed by atoms with Gasteiger partial charge in [0.25, 0.3) is 11.8 Å². The van der Waals surface area contributed by atoms with Gasteiger partial charge in [-0.2, -0.15) is 0 Å². The first-order chi connectivity index (χ1) is 16.0. The monoisotopic (exact) mass is 463 g/mol. The zero-order valence-corrected chi connectivity index (χ0v) is 19.0. The molecule has 0 fully saturated rings. The minimum atomic E-state index is -0.413. The molecule has 8 heteroatoms. The normalized spacial score (nSPS) is 10.1. The summed E-state index contributed by atoms with van der Waals surface area (Å²) < 4.78 is 11.2. The predicted octanol–water partition coefficient (Wildman–Crippen LogP) is 4.00. The van der Waals surface area contributed by atoms with Gasteiger partial charge in [0.05, 0.1) is 6.61 Å². The molecule has 3 rings (SSSR count). The van der Waals surface area contributed by atoms with Crippen molar-refractivity contribution in [2.75, 3.05) is 6.61 Å². The summed E-state index contributed by atoms with van der Waals surface area (Å²) in [4.78, 5) is 24.7. The zero-order valence-electron chi connectivity index (χ0n) is 18.2. The van der Waals surface area contributed by atoms with Crippen LogP contribution in [-0.2, 0) is 6.61 Å². The molecule has 7 nitrogen and oxygen atoms in total. The Hall–Kier alpha value is -3.91. The second-order valence-electron chi connectivity index (χ2n) is 7.04. The summed E-state index contributed by atoms with van der Waals surface area (Å²) in [5.74, 6) is 0.434. The van der Waals surface area contributed by atoms with Crippen LogP contribution in [0.4, 0.5) is 0 Å². The molecule has 0 spiro atoms. The highest BCUT2D eigenvalue weighted by Gasteiger charge is 2.11. The molecule has 170 valence electrons. The average molecular weight is 464 g/mol. The molecular formula is C25H25N3O4S. The molecule has 0 unspecified atom stereocenters. The molecule has 0 saturated carbocycles. The van der Waals surface area contributed by atoms with E-state index in [2.05, 4.69) is 16.2 Å². The fourth-order valence-electron chi connectivity index (χ4n) is 2.78. The van der Waals surface area contributed by atoms with Crippen LogP contribution >= 0.6 is 12.2 Å². The number of amides is 2. The molecule has 2 amide bonds. The minimum Gasteiger partial charge on any atom is -0.494 e.